The van der Waals surface area contributed by atoms with Crippen LogP contribution >= 0.6 is 8.38 Å². The minimum atomic E-state index is -0.577. The first kappa shape index (κ1) is 13.4. The molecule has 0 fully saturated rings. The zero-order valence-electron chi connectivity index (χ0n) is 9.21. The molecule has 13 heavy (non-hydrogen) atoms. The largest absolute Gasteiger partial charge is 0.334 e. The van der Waals surface area contributed by atoms with Crippen LogP contribution in [0.25, 0.3) is 0 Å². The maximum atomic E-state index is 5.51. The summed E-state index contributed by atoms with van der Waals surface area (Å²) in [4.78, 5) is 0. The smallest absolute Gasteiger partial charge is 0.170 e. The summed E-state index contributed by atoms with van der Waals surface area (Å²) in [5.74, 6) is 0. The van der Waals surface area contributed by atoms with Gasteiger partial charge in [0.05, 0.1) is 13.2 Å². The third-order valence-corrected chi connectivity index (χ3v) is 3.51. The molecule has 3 heteroatoms. The van der Waals surface area contributed by atoms with Crippen molar-refractivity contribution in [3.63, 3.8) is 0 Å². The van der Waals surface area contributed by atoms with E-state index in [1.165, 1.54) is 25.7 Å². The number of hydrogen-bond donors (Lipinski definition) is 0. The van der Waals surface area contributed by atoms with Gasteiger partial charge >= 0.3 is 0 Å². The Kier molecular flexibility index (Phi) is 10.7. The van der Waals surface area contributed by atoms with Crippen LogP contribution in [0.3, 0.4) is 0 Å². The van der Waals surface area contributed by atoms with Crippen molar-refractivity contribution in [3.05, 3.63) is 0 Å². The SMILES string of the molecule is CCCCCCP(OCC)OCC. The highest BCUT2D eigenvalue weighted by molar-refractivity contribution is 7.47. The van der Waals surface area contributed by atoms with Gasteiger partial charge in [0.15, 0.2) is 8.38 Å². The van der Waals surface area contributed by atoms with Gasteiger partial charge in [-0.1, -0.05) is 26.2 Å². The lowest BCUT2D eigenvalue weighted by Crippen LogP contribution is -1.95. The van der Waals surface area contributed by atoms with E-state index in [9.17, 15) is 0 Å². The quantitative estimate of drug-likeness (QED) is 0.420. The van der Waals surface area contributed by atoms with Gasteiger partial charge in [-0.15, -0.1) is 0 Å². The van der Waals surface area contributed by atoms with Crippen LogP contribution < -0.4 is 0 Å². The average Bonchev–Trinajstić information content (AvgIpc) is 2.13. The van der Waals surface area contributed by atoms with Crippen LogP contribution in [0.15, 0.2) is 0 Å². The lowest BCUT2D eigenvalue weighted by molar-refractivity contribution is 0.268. The molecular formula is C10H23O2P. The second kappa shape index (κ2) is 10.4. The van der Waals surface area contributed by atoms with E-state index in [1.54, 1.807) is 0 Å². The minimum Gasteiger partial charge on any atom is -0.334 e. The number of hydrogen-bond acceptors (Lipinski definition) is 2. The van der Waals surface area contributed by atoms with Crippen LogP contribution in [0.1, 0.15) is 46.5 Å². The van der Waals surface area contributed by atoms with Crippen LogP contribution in [0.2, 0.25) is 0 Å². The van der Waals surface area contributed by atoms with Crippen molar-refractivity contribution in [2.24, 2.45) is 0 Å². The summed E-state index contributed by atoms with van der Waals surface area (Å²) >= 11 is 0. The molecule has 0 rings (SSSR count). The Morgan fingerprint density at radius 1 is 0.846 bits per heavy atom. The van der Waals surface area contributed by atoms with Crippen molar-refractivity contribution in [2.45, 2.75) is 46.5 Å². The van der Waals surface area contributed by atoms with E-state index in [-0.39, 0.29) is 0 Å². The van der Waals surface area contributed by atoms with Crippen molar-refractivity contribution in [1.82, 2.24) is 0 Å². The third kappa shape index (κ3) is 8.67. The molecule has 0 aromatic rings. The summed E-state index contributed by atoms with van der Waals surface area (Å²) in [7, 11) is -0.577. The Hall–Kier alpha value is 0.350. The van der Waals surface area contributed by atoms with Gasteiger partial charge in [0, 0.05) is 6.16 Å². The highest BCUT2D eigenvalue weighted by atomic mass is 31.2. The molecule has 0 aliphatic heterocycles. The summed E-state index contributed by atoms with van der Waals surface area (Å²) < 4.78 is 11.0. The lowest BCUT2D eigenvalue weighted by atomic mass is 10.2. The Morgan fingerprint density at radius 3 is 1.92 bits per heavy atom. The molecule has 80 valence electrons. The van der Waals surface area contributed by atoms with E-state index in [4.69, 9.17) is 9.05 Å². The Labute approximate surface area is 83.9 Å². The zero-order chi connectivity index (χ0) is 9.94. The summed E-state index contributed by atoms with van der Waals surface area (Å²) in [5.41, 5.74) is 0. The highest BCUT2D eigenvalue weighted by Gasteiger charge is 2.07. The molecule has 0 amide bonds. The molecular weight excluding hydrogens is 183 g/mol. The maximum absolute atomic E-state index is 5.51. The Bertz CT molecular complexity index is 92.9. The fourth-order valence-corrected chi connectivity index (χ4v) is 2.51. The van der Waals surface area contributed by atoms with Gasteiger partial charge in [-0.25, -0.2) is 0 Å². The first-order valence-corrected chi connectivity index (χ1v) is 6.74. The lowest BCUT2D eigenvalue weighted by Gasteiger charge is -2.15. The van der Waals surface area contributed by atoms with Gasteiger partial charge in [-0.05, 0) is 20.3 Å². The molecule has 0 aliphatic rings. The fraction of sp³-hybridized carbons (Fsp3) is 1.00. The topological polar surface area (TPSA) is 18.5 Å². The second-order valence-corrected chi connectivity index (χ2v) is 4.58. The van der Waals surface area contributed by atoms with Crippen LogP contribution in [-0.4, -0.2) is 19.4 Å². The Morgan fingerprint density at radius 2 is 1.46 bits per heavy atom. The molecule has 0 aliphatic carbocycles. The molecule has 0 saturated heterocycles. The normalized spacial score (nSPS) is 11.1. The predicted molar refractivity (Wildman–Crippen MR) is 59.2 cm³/mol. The molecule has 0 saturated carbocycles. The standard InChI is InChI=1S/C10H23O2P/c1-4-7-8-9-10-13(11-5-2)12-6-3/h4-10H2,1-3H3. The van der Waals surface area contributed by atoms with Crippen molar-refractivity contribution in [3.8, 4) is 0 Å². The Balaban J connectivity index is 3.33. The van der Waals surface area contributed by atoms with Crippen LogP contribution in [0.4, 0.5) is 0 Å². The molecule has 0 heterocycles. The van der Waals surface area contributed by atoms with Gasteiger partial charge in [0.1, 0.15) is 0 Å². The number of unbranched alkanes of at least 4 members (excludes halogenated alkanes) is 3. The van der Waals surface area contributed by atoms with Crippen LogP contribution in [-0.2, 0) is 9.05 Å². The first-order valence-electron chi connectivity index (χ1n) is 5.38. The average molecular weight is 206 g/mol. The molecule has 2 nitrogen and oxygen atoms in total. The van der Waals surface area contributed by atoms with E-state index in [1.807, 2.05) is 13.8 Å². The monoisotopic (exact) mass is 206 g/mol. The van der Waals surface area contributed by atoms with Crippen molar-refractivity contribution in [2.75, 3.05) is 19.4 Å². The summed E-state index contributed by atoms with van der Waals surface area (Å²) in [6, 6.07) is 0. The maximum Gasteiger partial charge on any atom is 0.170 e. The van der Waals surface area contributed by atoms with Crippen LogP contribution in [0, 0.1) is 0 Å². The molecule has 0 radical (unpaired) electrons. The predicted octanol–water partition coefficient (Wildman–Crippen LogP) is 3.95. The van der Waals surface area contributed by atoms with Gasteiger partial charge in [0.25, 0.3) is 0 Å². The minimum absolute atomic E-state index is 0.577. The summed E-state index contributed by atoms with van der Waals surface area (Å²) in [6.45, 7) is 7.84. The van der Waals surface area contributed by atoms with Crippen LogP contribution in [0.5, 0.6) is 0 Å². The van der Waals surface area contributed by atoms with E-state index >= 15 is 0 Å². The van der Waals surface area contributed by atoms with Gasteiger partial charge < -0.3 is 9.05 Å². The van der Waals surface area contributed by atoms with Gasteiger partial charge in [0.2, 0.25) is 0 Å². The van der Waals surface area contributed by atoms with E-state index in [0.29, 0.717) is 0 Å². The molecule has 0 unspecified atom stereocenters. The second-order valence-electron chi connectivity index (χ2n) is 2.95. The zero-order valence-corrected chi connectivity index (χ0v) is 10.1. The van der Waals surface area contributed by atoms with E-state index in [2.05, 4.69) is 6.92 Å². The molecule has 0 N–H and O–H groups in total. The first-order chi connectivity index (χ1) is 6.35. The third-order valence-electron chi connectivity index (χ3n) is 1.74. The molecule has 0 spiro atoms. The van der Waals surface area contributed by atoms with E-state index in [0.717, 1.165) is 19.4 Å². The molecule has 0 atom stereocenters. The fourth-order valence-electron chi connectivity index (χ4n) is 1.12. The molecule has 0 aromatic carbocycles. The van der Waals surface area contributed by atoms with Crippen molar-refractivity contribution >= 4 is 8.38 Å². The number of rotatable bonds is 9. The highest BCUT2D eigenvalue weighted by Crippen LogP contribution is 2.38. The molecule has 0 bridgehead atoms. The van der Waals surface area contributed by atoms with Gasteiger partial charge in [-0.3, -0.25) is 0 Å². The van der Waals surface area contributed by atoms with Crippen molar-refractivity contribution < 1.29 is 9.05 Å². The van der Waals surface area contributed by atoms with Gasteiger partial charge in [-0.2, -0.15) is 0 Å². The van der Waals surface area contributed by atoms with E-state index < -0.39 is 8.38 Å². The molecule has 0 aromatic heterocycles. The summed E-state index contributed by atoms with van der Waals surface area (Å²) in [6.07, 6.45) is 6.30. The van der Waals surface area contributed by atoms with Crippen molar-refractivity contribution in [1.29, 1.82) is 0 Å². The summed E-state index contributed by atoms with van der Waals surface area (Å²) in [5, 5.41) is 0.